The van der Waals surface area contributed by atoms with Crippen LogP contribution in [-0.4, -0.2) is 39.4 Å². The van der Waals surface area contributed by atoms with Crippen LogP contribution >= 0.6 is 0 Å². The van der Waals surface area contributed by atoms with E-state index in [4.69, 9.17) is 0 Å². The number of rotatable bonds is 23. The first-order chi connectivity index (χ1) is 21.1. The molecule has 0 aromatic heterocycles. The van der Waals surface area contributed by atoms with E-state index in [9.17, 15) is 26.4 Å². The molecule has 0 aliphatic carbocycles. The molecule has 2 aromatic carbocycles. The fourth-order valence-electron chi connectivity index (χ4n) is 5.10. The van der Waals surface area contributed by atoms with E-state index in [0.29, 0.717) is 38.5 Å². The number of amides is 2. The summed E-state index contributed by atoms with van der Waals surface area (Å²) in [6.45, 7) is 4.24. The molecule has 0 radical (unpaired) electrons. The van der Waals surface area contributed by atoms with Gasteiger partial charge in [0.1, 0.15) is 10.7 Å². The van der Waals surface area contributed by atoms with Crippen molar-refractivity contribution < 1.29 is 26.4 Å². The SMILES string of the molecule is CCCCCCCC(NC(=O)CCCCC(=O)NC(CCCCCCC)S(=O)(=O)c1ccccc1)S(=O)(=O)c1ccccc1. The number of nitrogens with one attached hydrogen (secondary N) is 2. The van der Waals surface area contributed by atoms with Crippen molar-refractivity contribution in [2.45, 2.75) is 137 Å². The summed E-state index contributed by atoms with van der Waals surface area (Å²) in [5.41, 5.74) is 0. The third kappa shape index (κ3) is 13.1. The summed E-state index contributed by atoms with van der Waals surface area (Å²) in [6, 6.07) is 16.3. The minimum Gasteiger partial charge on any atom is -0.339 e. The van der Waals surface area contributed by atoms with Gasteiger partial charge in [-0.1, -0.05) is 114 Å². The minimum absolute atomic E-state index is 0.0765. The molecule has 2 N–H and O–H groups in total. The standard InChI is InChI=1S/C34H52N2O6S2/c1-3-5-7-9-17-27-33(43(39,40)29-21-13-11-14-22-29)35-31(37)25-19-20-26-32(38)36-34(28-18-10-8-6-4-2)44(41,42)30-23-15-12-16-24-30/h11-16,21-24,33-34H,3-10,17-20,25-28H2,1-2H3,(H,35,37)(H,36,38). The lowest BCUT2D eigenvalue weighted by Crippen LogP contribution is -2.41. The normalized spacial score (nSPS) is 13.2. The second-order valence-corrected chi connectivity index (χ2v) is 15.7. The summed E-state index contributed by atoms with van der Waals surface area (Å²) >= 11 is 0. The molecule has 0 aliphatic rings. The Labute approximate surface area is 265 Å². The maximum absolute atomic E-state index is 13.3. The molecular weight excluding hydrogens is 597 g/mol. The maximum Gasteiger partial charge on any atom is 0.221 e. The van der Waals surface area contributed by atoms with Gasteiger partial charge in [-0.25, -0.2) is 16.8 Å². The quantitative estimate of drug-likeness (QED) is 0.124. The molecule has 2 rings (SSSR count). The van der Waals surface area contributed by atoms with Gasteiger partial charge in [0.25, 0.3) is 0 Å². The number of carbonyl (C=O) groups excluding carboxylic acids is 2. The summed E-state index contributed by atoms with van der Waals surface area (Å²) < 4.78 is 53.2. The Kier molecular flexibility index (Phi) is 17.3. The van der Waals surface area contributed by atoms with E-state index in [1.165, 1.54) is 0 Å². The Balaban J connectivity index is 1.92. The first kappa shape index (κ1) is 37.5. The maximum atomic E-state index is 13.3. The number of carbonyl (C=O) groups is 2. The molecule has 10 heteroatoms. The Morgan fingerprint density at radius 2 is 0.864 bits per heavy atom. The van der Waals surface area contributed by atoms with Gasteiger partial charge in [0.2, 0.25) is 11.8 Å². The highest BCUT2D eigenvalue weighted by molar-refractivity contribution is 7.92. The second kappa shape index (κ2) is 20.3. The van der Waals surface area contributed by atoms with Crippen LogP contribution in [0.25, 0.3) is 0 Å². The second-order valence-electron chi connectivity index (χ2n) is 11.4. The van der Waals surface area contributed by atoms with Gasteiger partial charge in [-0.15, -0.1) is 0 Å². The van der Waals surface area contributed by atoms with E-state index >= 15 is 0 Å². The van der Waals surface area contributed by atoms with E-state index in [-0.39, 0.29) is 34.4 Å². The van der Waals surface area contributed by atoms with Gasteiger partial charge in [0, 0.05) is 12.8 Å². The molecule has 0 spiro atoms. The lowest BCUT2D eigenvalue weighted by Gasteiger charge is -2.20. The average molecular weight is 649 g/mol. The van der Waals surface area contributed by atoms with Gasteiger partial charge in [-0.3, -0.25) is 9.59 Å². The lowest BCUT2D eigenvalue weighted by atomic mass is 10.1. The van der Waals surface area contributed by atoms with Crippen molar-refractivity contribution in [3.63, 3.8) is 0 Å². The Bertz CT molecular complexity index is 1210. The summed E-state index contributed by atoms with van der Waals surface area (Å²) in [6.07, 6.45) is 11.2. The summed E-state index contributed by atoms with van der Waals surface area (Å²) in [5, 5.41) is 3.45. The van der Waals surface area contributed by atoms with E-state index in [2.05, 4.69) is 24.5 Å². The number of hydrogen-bond acceptors (Lipinski definition) is 6. The van der Waals surface area contributed by atoms with Crippen LogP contribution in [0.5, 0.6) is 0 Å². The molecule has 0 aliphatic heterocycles. The van der Waals surface area contributed by atoms with Gasteiger partial charge in [0.15, 0.2) is 19.7 Å². The highest BCUT2D eigenvalue weighted by Crippen LogP contribution is 2.21. The van der Waals surface area contributed by atoms with Crippen molar-refractivity contribution in [2.75, 3.05) is 0 Å². The molecule has 0 heterocycles. The van der Waals surface area contributed by atoms with E-state index in [1.54, 1.807) is 60.7 Å². The number of hydrogen-bond donors (Lipinski definition) is 2. The number of sulfone groups is 2. The van der Waals surface area contributed by atoms with Crippen LogP contribution in [0.4, 0.5) is 0 Å². The van der Waals surface area contributed by atoms with Gasteiger partial charge >= 0.3 is 0 Å². The molecule has 8 nitrogen and oxygen atoms in total. The topological polar surface area (TPSA) is 126 Å². The largest absolute Gasteiger partial charge is 0.339 e. The summed E-state index contributed by atoms with van der Waals surface area (Å²) in [4.78, 5) is 26.0. The third-order valence-corrected chi connectivity index (χ3v) is 11.8. The molecule has 2 amide bonds. The van der Waals surface area contributed by atoms with E-state index < -0.39 is 30.4 Å². The van der Waals surface area contributed by atoms with E-state index in [1.807, 2.05) is 0 Å². The first-order valence-corrected chi connectivity index (χ1v) is 19.4. The first-order valence-electron chi connectivity index (χ1n) is 16.3. The molecule has 44 heavy (non-hydrogen) atoms. The fourth-order valence-corrected chi connectivity index (χ4v) is 8.36. The highest BCUT2D eigenvalue weighted by atomic mass is 32.2. The smallest absolute Gasteiger partial charge is 0.221 e. The van der Waals surface area contributed by atoms with Crippen molar-refractivity contribution in [1.82, 2.24) is 10.6 Å². The van der Waals surface area contributed by atoms with Crippen molar-refractivity contribution in [1.29, 1.82) is 0 Å². The van der Waals surface area contributed by atoms with Gasteiger partial charge < -0.3 is 10.6 Å². The van der Waals surface area contributed by atoms with Crippen LogP contribution in [0.15, 0.2) is 70.5 Å². The van der Waals surface area contributed by atoms with E-state index in [0.717, 1.165) is 51.4 Å². The Hall–Kier alpha value is -2.72. The van der Waals surface area contributed by atoms with Crippen LogP contribution in [0.2, 0.25) is 0 Å². The monoisotopic (exact) mass is 648 g/mol. The Morgan fingerprint density at radius 3 is 1.20 bits per heavy atom. The summed E-state index contributed by atoms with van der Waals surface area (Å²) in [7, 11) is -7.50. The molecule has 0 bridgehead atoms. The zero-order valence-corrected chi connectivity index (χ0v) is 28.1. The predicted molar refractivity (Wildman–Crippen MR) is 176 cm³/mol. The molecular formula is C34H52N2O6S2. The van der Waals surface area contributed by atoms with Crippen molar-refractivity contribution in [3.8, 4) is 0 Å². The summed E-state index contributed by atoms with van der Waals surface area (Å²) in [5.74, 6) is -0.750. The van der Waals surface area contributed by atoms with Gasteiger partial charge in [-0.05, 0) is 49.9 Å². The van der Waals surface area contributed by atoms with Gasteiger partial charge in [0.05, 0.1) is 9.79 Å². The van der Waals surface area contributed by atoms with Crippen LogP contribution in [0.1, 0.15) is 117 Å². The zero-order chi connectivity index (χ0) is 32.3. The average Bonchev–Trinajstić information content (AvgIpc) is 3.02. The van der Waals surface area contributed by atoms with Crippen LogP contribution in [0, 0.1) is 0 Å². The van der Waals surface area contributed by atoms with Crippen LogP contribution < -0.4 is 10.6 Å². The van der Waals surface area contributed by atoms with Crippen molar-refractivity contribution in [2.24, 2.45) is 0 Å². The number of benzene rings is 2. The molecule has 0 saturated heterocycles. The zero-order valence-electron chi connectivity index (χ0n) is 26.5. The van der Waals surface area contributed by atoms with Gasteiger partial charge in [-0.2, -0.15) is 0 Å². The highest BCUT2D eigenvalue weighted by Gasteiger charge is 2.29. The molecule has 2 atom stereocenters. The van der Waals surface area contributed by atoms with Crippen molar-refractivity contribution >= 4 is 31.5 Å². The molecule has 2 unspecified atom stereocenters. The van der Waals surface area contributed by atoms with Crippen LogP contribution in [-0.2, 0) is 29.3 Å². The molecule has 0 fully saturated rings. The molecule has 0 saturated carbocycles. The number of unbranched alkanes of at least 4 members (excludes halogenated alkanes) is 9. The minimum atomic E-state index is -3.75. The van der Waals surface area contributed by atoms with Crippen LogP contribution in [0.3, 0.4) is 0 Å². The molecule has 2 aromatic rings. The molecule has 246 valence electrons. The fraction of sp³-hybridized carbons (Fsp3) is 0.588. The Morgan fingerprint density at radius 1 is 0.523 bits per heavy atom. The van der Waals surface area contributed by atoms with Crippen molar-refractivity contribution in [3.05, 3.63) is 60.7 Å². The third-order valence-electron chi connectivity index (χ3n) is 7.73. The predicted octanol–water partition coefficient (Wildman–Crippen LogP) is 7.10. The lowest BCUT2D eigenvalue weighted by molar-refractivity contribution is -0.123.